The Balaban J connectivity index is 1.05. The lowest BCUT2D eigenvalue weighted by Crippen LogP contribution is -2.27. The van der Waals surface area contributed by atoms with Crippen LogP contribution in [0.2, 0.25) is 0 Å². The molecule has 0 aromatic heterocycles. The molecule has 12 bridgehead atoms. The van der Waals surface area contributed by atoms with Gasteiger partial charge >= 0.3 is 0 Å². The van der Waals surface area contributed by atoms with Crippen molar-refractivity contribution in [3.63, 3.8) is 0 Å². The van der Waals surface area contributed by atoms with Gasteiger partial charge in [-0.05, 0) is 217 Å². The minimum atomic E-state index is 0.899. The number of thioether (sulfide) groups is 24. The summed E-state index contributed by atoms with van der Waals surface area (Å²) in [6.45, 7) is 0. The Morgan fingerprint density at radius 3 is 0.352 bits per heavy atom. The largest absolute Gasteiger partial charge is 0.121 e. The van der Waals surface area contributed by atoms with Crippen molar-refractivity contribution in [1.29, 1.82) is 0 Å². The van der Waals surface area contributed by atoms with Gasteiger partial charge in [0.25, 0.3) is 0 Å². The van der Waals surface area contributed by atoms with Crippen molar-refractivity contribution in [3.05, 3.63) is 301 Å². The van der Waals surface area contributed by atoms with Gasteiger partial charge in [-0.2, -0.15) is 0 Å². The molecule has 24 heteroatoms. The summed E-state index contributed by atoms with van der Waals surface area (Å²) in [7, 11) is 0. The van der Waals surface area contributed by atoms with E-state index in [1.54, 1.807) is 0 Å². The van der Waals surface area contributed by atoms with Gasteiger partial charge in [-0.3, -0.25) is 0 Å². The van der Waals surface area contributed by atoms with Gasteiger partial charge in [0, 0.05) is 63.6 Å². The maximum absolute atomic E-state index is 3.41. The van der Waals surface area contributed by atoms with Crippen LogP contribution in [-0.2, 0) is 0 Å². The minimum Gasteiger partial charge on any atom is -0.121 e. The molecule has 16 aromatic carbocycles. The monoisotopic (exact) mass is 1840 g/mol. The molecular formula is C84H60S24. The highest BCUT2D eigenvalue weighted by Gasteiger charge is 2.29. The van der Waals surface area contributed by atoms with Gasteiger partial charge in [0.2, 0.25) is 0 Å². The normalized spacial score (nSPS) is 15.6. The van der Waals surface area contributed by atoms with Crippen molar-refractivity contribution in [1.82, 2.24) is 0 Å². The molecule has 0 nitrogen and oxygen atoms in total. The topological polar surface area (TPSA) is 0 Å². The lowest BCUT2D eigenvalue weighted by atomic mass is 10.1. The van der Waals surface area contributed by atoms with Crippen LogP contribution in [0.25, 0.3) is 90.1 Å². The van der Waals surface area contributed by atoms with E-state index in [0.29, 0.717) is 0 Å². The molecule has 0 fully saturated rings. The molecule has 0 atom stereocenters. The fraction of sp³-hybridized carbons (Fsp3) is 0.143. The predicted molar refractivity (Wildman–Crippen MR) is 537 cm³/mol. The summed E-state index contributed by atoms with van der Waals surface area (Å²) in [5.41, 5.74) is 0. The maximum atomic E-state index is 3.41. The molecule has 22 rings (SSSR count). The molecular weight excluding hydrogens is 1780 g/mol. The summed E-state index contributed by atoms with van der Waals surface area (Å²) in [5.74, 6) is 0. The van der Waals surface area contributed by atoms with Crippen LogP contribution in [0.5, 0.6) is 0 Å². The lowest BCUT2D eigenvalue weighted by molar-refractivity contribution is 1.65. The van der Waals surface area contributed by atoms with E-state index in [9.17, 15) is 0 Å². The fourth-order valence-electron chi connectivity index (χ4n) is 10.9. The van der Waals surface area contributed by atoms with E-state index in [1.807, 2.05) is 282 Å². The van der Waals surface area contributed by atoms with Crippen molar-refractivity contribution < 1.29 is 0 Å². The number of hydrogen-bond donors (Lipinski definition) is 0. The average molecular weight is 1840 g/mol. The van der Waals surface area contributed by atoms with Crippen LogP contribution in [0.4, 0.5) is 0 Å². The standard InChI is InChI=1S/C84H60S24/c1-85-73-74(86-2)98-67(97-73)61-55-37-25-49(26-38-55)19-13-14-21-51-29-41-57(42-30-51)63(69-101-77(89-5)78(90-6)102-69)65(71-105-81(93-9)82(94-10)106-71)59-45-33-53(34-46-59)23-17-18-24-54-35-47-60(48-36-54)66(72-107-83(95-11)84(96-12)108-72)64(70-103-79(91-7)80(92-8)104-70)58-43-31-52(32-44-58)22-16-15-20-50-27-39-56(40-28-50)62(61)68-99-75(87-3)76(88-4)100-68/h25-48H,1-12H3. The molecule has 0 amide bonds. The summed E-state index contributed by atoms with van der Waals surface area (Å²) < 4.78 is 23.4. The van der Waals surface area contributed by atoms with Crippen molar-refractivity contribution >= 4 is 372 Å². The van der Waals surface area contributed by atoms with Gasteiger partial charge in [0.05, 0.1) is 76.3 Å². The van der Waals surface area contributed by atoms with Crippen LogP contribution in [0.3, 0.4) is 0 Å². The molecule has 0 spiro atoms. The molecule has 0 unspecified atom stereocenters. The third kappa shape index (κ3) is 20.0. The summed E-state index contributed by atoms with van der Waals surface area (Å²) in [4.78, 5) is 0. The van der Waals surface area contributed by atoms with Crippen LogP contribution in [0.15, 0.2) is 196 Å². The zero-order valence-electron chi connectivity index (χ0n) is 59.7. The minimum absolute atomic E-state index is 0.899. The molecule has 0 radical (unpaired) electrons. The average Bonchev–Trinajstić information content (AvgIpc) is 1.58. The first-order chi connectivity index (χ1) is 52.9. The second-order valence-corrected chi connectivity index (χ2v) is 48.8. The zero-order chi connectivity index (χ0) is 75.2. The highest BCUT2D eigenvalue weighted by atomic mass is 32.3. The van der Waals surface area contributed by atoms with Crippen LogP contribution >= 0.6 is 282 Å². The van der Waals surface area contributed by atoms with Crippen LogP contribution in [-0.4, -0.2) is 75.1 Å². The first-order valence-electron chi connectivity index (χ1n) is 32.2. The summed E-state index contributed by atoms with van der Waals surface area (Å²) in [6.07, 6.45) is 26.2. The zero-order valence-corrected chi connectivity index (χ0v) is 79.3. The van der Waals surface area contributed by atoms with Crippen LogP contribution in [0.1, 0.15) is 0 Å². The summed E-state index contributed by atoms with van der Waals surface area (Å²) in [5, 5.41) is 19.4. The Labute approximate surface area is 737 Å². The van der Waals surface area contributed by atoms with Crippen LogP contribution < -0.4 is 31.3 Å². The van der Waals surface area contributed by atoms with Gasteiger partial charge in [-0.1, -0.05) is 250 Å². The third-order valence-corrected chi connectivity index (χ3v) is 47.2. The first-order valence-corrected chi connectivity index (χ1v) is 56.7. The van der Waals surface area contributed by atoms with Gasteiger partial charge in [-0.15, -0.1) is 141 Å². The van der Waals surface area contributed by atoms with Crippen molar-refractivity contribution in [2.45, 2.75) is 0 Å². The molecule has 6 heterocycles. The number of rotatable bonds is 12. The quantitative estimate of drug-likeness (QED) is 0.114. The predicted octanol–water partition coefficient (Wildman–Crippen LogP) is 27.3. The van der Waals surface area contributed by atoms with Gasteiger partial charge < -0.3 is 0 Å². The number of benzene rings is 6. The molecule has 540 valence electrons. The Morgan fingerprint density at radius 1 is 0.157 bits per heavy atom. The molecule has 0 saturated heterocycles. The van der Waals surface area contributed by atoms with Crippen molar-refractivity contribution in [3.8, 4) is 0 Å². The van der Waals surface area contributed by atoms with E-state index >= 15 is 0 Å². The highest BCUT2D eigenvalue weighted by Crippen LogP contribution is 2.62. The van der Waals surface area contributed by atoms with Gasteiger partial charge in [-0.25, -0.2) is 0 Å². The fourth-order valence-corrected chi connectivity index (χ4v) is 41.7. The summed E-state index contributed by atoms with van der Waals surface area (Å²) in [6, 6.07) is 92.5. The Morgan fingerprint density at radius 2 is 0.259 bits per heavy atom. The second-order valence-electron chi connectivity index (χ2n) is 22.1. The van der Waals surface area contributed by atoms with E-state index in [1.165, 1.54) is 108 Å². The van der Waals surface area contributed by atoms with E-state index in [2.05, 4.69) is 293 Å². The Bertz CT molecular complexity index is 4740. The highest BCUT2D eigenvalue weighted by molar-refractivity contribution is 8.49. The molecule has 0 saturated carbocycles. The van der Waals surface area contributed by atoms with E-state index in [4.69, 9.17) is 0 Å². The third-order valence-electron chi connectivity index (χ3n) is 15.9. The van der Waals surface area contributed by atoms with Crippen molar-refractivity contribution in [2.24, 2.45) is 0 Å². The van der Waals surface area contributed by atoms with E-state index in [-0.39, 0.29) is 0 Å². The van der Waals surface area contributed by atoms with E-state index in [0.717, 1.165) is 64.6 Å². The molecule has 0 aliphatic carbocycles. The smallest absolute Gasteiger partial charge is 0.0657 e. The molecule has 0 N–H and O–H groups in total. The van der Waals surface area contributed by atoms with Crippen molar-refractivity contribution in [2.75, 3.05) is 75.1 Å². The molecule has 108 heavy (non-hydrogen) atoms. The van der Waals surface area contributed by atoms with Crippen LogP contribution in [0, 0.1) is 72.8 Å². The van der Waals surface area contributed by atoms with Gasteiger partial charge in [0.15, 0.2) is 0 Å². The molecule has 6 aliphatic rings. The SMILES string of the molecule is CSC1=C(SC)SC(=c2c(=C3SC(SC)=C(SC)S3)c3ccc(c#cc#cc4ccc(cc4)c(=C4SC(SC)=C(SC)S4)c(=C4SC(SC)=C(SC)S4)c4ccc(c#cc#cc5ccc(cc5)c(=C5SC(SC)=C(SC)S5)c(=C5SC(SC)=C(SC)S5)c5ccc(c#cc#cc6ccc2cc6)cc5)cc4)cc3)S1. The molecule has 16 aromatic rings. The summed E-state index contributed by atoms with van der Waals surface area (Å²) >= 11 is 44.4. The Hall–Kier alpha value is -2.04. The van der Waals surface area contributed by atoms with Gasteiger partial charge in [0.1, 0.15) is 0 Å². The maximum Gasteiger partial charge on any atom is 0.0657 e. The lowest BCUT2D eigenvalue weighted by Gasteiger charge is -2.05. The first kappa shape index (κ1) is 83.9. The molecule has 6 aliphatic heterocycles. The van der Waals surface area contributed by atoms with E-state index < -0.39 is 0 Å². The number of hydrogen-bond acceptors (Lipinski definition) is 24. The second kappa shape index (κ2) is 41.2. The Kier molecular flexibility index (Phi) is 32.0.